The van der Waals surface area contributed by atoms with E-state index in [-0.39, 0.29) is 35.2 Å². The standard InChI is InChI=1S/C20H25N3O4S/c1-2-3-9-23-12-14(11-17(23)24)19(26)21-15-6-4-13(5-7-15)18(25)22-16-8-10-28-20(16)27/h4-7,14,16H,2-3,8-12H2,1H3,(H,21,26)(H,22,25). The molecule has 2 unspecified atom stereocenters. The monoisotopic (exact) mass is 403 g/mol. The Bertz CT molecular complexity index is 765. The van der Waals surface area contributed by atoms with Gasteiger partial charge in [-0.05, 0) is 37.1 Å². The van der Waals surface area contributed by atoms with Crippen LogP contribution in [0.15, 0.2) is 24.3 Å². The molecular formula is C20H25N3O4S. The minimum Gasteiger partial charge on any atom is -0.342 e. The van der Waals surface area contributed by atoms with Crippen molar-refractivity contribution in [3.63, 3.8) is 0 Å². The maximum Gasteiger partial charge on any atom is 0.251 e. The average Bonchev–Trinajstić information content (AvgIpc) is 3.26. The lowest BCUT2D eigenvalue weighted by Crippen LogP contribution is -2.37. The van der Waals surface area contributed by atoms with Crippen molar-refractivity contribution in [1.29, 1.82) is 0 Å². The third kappa shape index (κ3) is 4.92. The summed E-state index contributed by atoms with van der Waals surface area (Å²) in [4.78, 5) is 50.1. The topological polar surface area (TPSA) is 95.6 Å². The number of benzene rings is 1. The number of amides is 3. The highest BCUT2D eigenvalue weighted by atomic mass is 32.2. The highest BCUT2D eigenvalue weighted by Gasteiger charge is 2.34. The van der Waals surface area contributed by atoms with Crippen LogP contribution in [-0.2, 0) is 14.4 Å². The second-order valence-corrected chi connectivity index (χ2v) is 8.24. The fourth-order valence-electron chi connectivity index (χ4n) is 3.33. The SMILES string of the molecule is CCCCN1CC(C(=O)Nc2ccc(C(=O)NC3CCSC3=O)cc2)CC1=O. The van der Waals surface area contributed by atoms with Crippen LogP contribution in [0.25, 0.3) is 0 Å². The van der Waals surface area contributed by atoms with Crippen molar-refractivity contribution in [3.05, 3.63) is 29.8 Å². The van der Waals surface area contributed by atoms with Gasteiger partial charge in [-0.15, -0.1) is 0 Å². The molecule has 2 aliphatic heterocycles. The van der Waals surface area contributed by atoms with Gasteiger partial charge in [-0.25, -0.2) is 0 Å². The summed E-state index contributed by atoms with van der Waals surface area (Å²) >= 11 is 1.24. The largest absolute Gasteiger partial charge is 0.342 e. The molecule has 1 aromatic carbocycles. The molecule has 3 amide bonds. The van der Waals surface area contributed by atoms with E-state index in [1.807, 2.05) is 0 Å². The number of nitrogens with one attached hydrogen (secondary N) is 2. The summed E-state index contributed by atoms with van der Waals surface area (Å²) in [7, 11) is 0. The van der Waals surface area contributed by atoms with E-state index in [4.69, 9.17) is 0 Å². The Kier molecular flexibility index (Phi) is 6.72. The van der Waals surface area contributed by atoms with E-state index >= 15 is 0 Å². The van der Waals surface area contributed by atoms with Gasteiger partial charge in [0, 0.05) is 36.5 Å². The number of rotatable bonds is 7. The van der Waals surface area contributed by atoms with Crippen LogP contribution in [0, 0.1) is 5.92 Å². The zero-order valence-corrected chi connectivity index (χ0v) is 16.7. The third-order valence-corrected chi connectivity index (χ3v) is 6.03. The Balaban J connectivity index is 1.52. The number of anilines is 1. The predicted molar refractivity (Wildman–Crippen MR) is 108 cm³/mol. The molecule has 0 aliphatic carbocycles. The lowest BCUT2D eigenvalue weighted by Gasteiger charge is -2.16. The van der Waals surface area contributed by atoms with Crippen molar-refractivity contribution in [2.75, 3.05) is 24.2 Å². The predicted octanol–water partition coefficient (Wildman–Crippen LogP) is 2.04. The summed E-state index contributed by atoms with van der Waals surface area (Å²) in [5.74, 6) is -0.0721. The van der Waals surface area contributed by atoms with E-state index < -0.39 is 6.04 Å². The van der Waals surface area contributed by atoms with E-state index in [9.17, 15) is 19.2 Å². The van der Waals surface area contributed by atoms with E-state index in [1.165, 1.54) is 11.8 Å². The molecule has 0 saturated carbocycles. The summed E-state index contributed by atoms with van der Waals surface area (Å²) in [5, 5.41) is 5.55. The van der Waals surface area contributed by atoms with E-state index in [2.05, 4.69) is 17.6 Å². The molecule has 0 radical (unpaired) electrons. The Morgan fingerprint density at radius 2 is 1.96 bits per heavy atom. The molecule has 7 nitrogen and oxygen atoms in total. The first-order valence-corrected chi connectivity index (χ1v) is 10.6. The first-order chi connectivity index (χ1) is 13.5. The van der Waals surface area contributed by atoms with Crippen LogP contribution in [0.5, 0.6) is 0 Å². The fraction of sp³-hybridized carbons (Fsp3) is 0.500. The fourth-order valence-corrected chi connectivity index (χ4v) is 4.26. The van der Waals surface area contributed by atoms with Gasteiger partial charge in [-0.2, -0.15) is 0 Å². The van der Waals surface area contributed by atoms with Crippen molar-refractivity contribution < 1.29 is 19.2 Å². The van der Waals surface area contributed by atoms with Gasteiger partial charge in [0.25, 0.3) is 5.91 Å². The van der Waals surface area contributed by atoms with Crippen molar-refractivity contribution in [3.8, 4) is 0 Å². The van der Waals surface area contributed by atoms with Crippen LogP contribution in [0.4, 0.5) is 5.69 Å². The number of carbonyl (C=O) groups excluding carboxylic acids is 4. The minimum absolute atomic E-state index is 0.00340. The van der Waals surface area contributed by atoms with Crippen LogP contribution in [-0.4, -0.2) is 52.6 Å². The molecule has 150 valence electrons. The van der Waals surface area contributed by atoms with E-state index in [0.717, 1.165) is 18.6 Å². The number of hydrogen-bond acceptors (Lipinski definition) is 5. The molecule has 2 saturated heterocycles. The van der Waals surface area contributed by atoms with Gasteiger partial charge in [0.1, 0.15) is 0 Å². The van der Waals surface area contributed by atoms with Crippen LogP contribution in [0.1, 0.15) is 43.0 Å². The normalized spacial score (nSPS) is 21.8. The number of nitrogens with zero attached hydrogens (tertiary/aromatic N) is 1. The average molecular weight is 404 g/mol. The van der Waals surface area contributed by atoms with E-state index in [0.29, 0.717) is 30.8 Å². The van der Waals surface area contributed by atoms with Gasteiger partial charge in [-0.1, -0.05) is 25.1 Å². The summed E-state index contributed by atoms with van der Waals surface area (Å²) < 4.78 is 0. The molecule has 2 aliphatic rings. The Labute approximate surface area is 168 Å². The Morgan fingerprint density at radius 1 is 1.21 bits per heavy atom. The lowest BCUT2D eigenvalue weighted by molar-refractivity contribution is -0.128. The summed E-state index contributed by atoms with van der Waals surface area (Å²) in [5.41, 5.74) is 1.01. The highest BCUT2D eigenvalue weighted by Crippen LogP contribution is 2.22. The molecule has 2 heterocycles. The molecular weight excluding hydrogens is 378 g/mol. The second kappa shape index (κ2) is 9.23. The zero-order valence-electron chi connectivity index (χ0n) is 15.9. The van der Waals surface area contributed by atoms with Crippen LogP contribution in [0.3, 0.4) is 0 Å². The van der Waals surface area contributed by atoms with E-state index in [1.54, 1.807) is 29.2 Å². The van der Waals surface area contributed by atoms with Crippen LogP contribution >= 0.6 is 11.8 Å². The van der Waals surface area contributed by atoms with Crippen LogP contribution < -0.4 is 10.6 Å². The van der Waals surface area contributed by atoms with Gasteiger partial charge in [0.05, 0.1) is 12.0 Å². The molecule has 0 aromatic heterocycles. The molecule has 2 atom stereocenters. The van der Waals surface area contributed by atoms with Crippen molar-refractivity contribution in [2.45, 2.75) is 38.6 Å². The number of unbranched alkanes of at least 4 members (excludes halogenated alkanes) is 1. The third-order valence-electron chi connectivity index (χ3n) is 5.02. The number of carbonyl (C=O) groups is 4. The number of thioether (sulfide) groups is 1. The molecule has 2 fully saturated rings. The second-order valence-electron chi connectivity index (χ2n) is 7.14. The molecule has 0 spiro atoms. The van der Waals surface area contributed by atoms with Gasteiger partial charge in [0.15, 0.2) is 0 Å². The highest BCUT2D eigenvalue weighted by molar-refractivity contribution is 8.14. The van der Waals surface area contributed by atoms with Crippen molar-refractivity contribution >= 4 is 40.3 Å². The van der Waals surface area contributed by atoms with Gasteiger partial charge in [-0.3, -0.25) is 19.2 Å². The Hall–Kier alpha value is -2.35. The molecule has 28 heavy (non-hydrogen) atoms. The number of likely N-dealkylation sites (tertiary alicyclic amines) is 1. The number of hydrogen-bond donors (Lipinski definition) is 2. The van der Waals surface area contributed by atoms with Crippen molar-refractivity contribution in [2.24, 2.45) is 5.92 Å². The lowest BCUT2D eigenvalue weighted by atomic mass is 10.1. The summed E-state index contributed by atoms with van der Waals surface area (Å²) in [6.07, 6.45) is 2.84. The van der Waals surface area contributed by atoms with Gasteiger partial charge >= 0.3 is 0 Å². The van der Waals surface area contributed by atoms with Crippen molar-refractivity contribution in [1.82, 2.24) is 10.2 Å². The first kappa shape index (κ1) is 20.4. The molecule has 3 rings (SSSR count). The molecule has 1 aromatic rings. The zero-order chi connectivity index (χ0) is 20.1. The maximum absolute atomic E-state index is 12.5. The quantitative estimate of drug-likeness (QED) is 0.726. The minimum atomic E-state index is -0.424. The molecule has 2 N–H and O–H groups in total. The van der Waals surface area contributed by atoms with Gasteiger partial charge < -0.3 is 15.5 Å². The smallest absolute Gasteiger partial charge is 0.251 e. The van der Waals surface area contributed by atoms with Crippen LogP contribution in [0.2, 0.25) is 0 Å². The Morgan fingerprint density at radius 3 is 2.61 bits per heavy atom. The summed E-state index contributed by atoms with van der Waals surface area (Å²) in [6, 6.07) is 6.12. The molecule has 0 bridgehead atoms. The summed E-state index contributed by atoms with van der Waals surface area (Å²) in [6.45, 7) is 3.22. The maximum atomic E-state index is 12.5. The first-order valence-electron chi connectivity index (χ1n) is 9.64. The van der Waals surface area contributed by atoms with Gasteiger partial charge in [0.2, 0.25) is 16.9 Å². The molecule has 8 heteroatoms.